The molecule has 0 unspecified atom stereocenters. The lowest BCUT2D eigenvalue weighted by molar-refractivity contribution is 0.0783. The number of ether oxygens (including phenoxy) is 1. The Labute approximate surface area is 179 Å². The molecule has 0 N–H and O–H groups in total. The van der Waals surface area contributed by atoms with Crippen LogP contribution in [-0.4, -0.2) is 41.6 Å². The van der Waals surface area contributed by atoms with Crippen LogP contribution in [0.1, 0.15) is 23.5 Å². The van der Waals surface area contributed by atoms with Crippen LogP contribution >= 0.6 is 11.3 Å². The van der Waals surface area contributed by atoms with Gasteiger partial charge in [0, 0.05) is 13.6 Å². The summed E-state index contributed by atoms with van der Waals surface area (Å²) in [5.74, 6) is 1.20. The van der Waals surface area contributed by atoms with Crippen molar-refractivity contribution < 1.29 is 14.1 Å². The van der Waals surface area contributed by atoms with Gasteiger partial charge < -0.3 is 14.2 Å². The average molecular weight is 422 g/mol. The fourth-order valence-electron chi connectivity index (χ4n) is 3.36. The summed E-state index contributed by atoms with van der Waals surface area (Å²) in [4.78, 5) is 19.4. The first-order valence-electron chi connectivity index (χ1n) is 9.71. The Kier molecular flexibility index (Phi) is 5.55. The molecule has 0 spiro atoms. The molecule has 2 aromatic heterocycles. The van der Waals surface area contributed by atoms with Crippen LogP contribution in [-0.2, 0) is 0 Å². The van der Waals surface area contributed by atoms with Crippen LogP contribution in [0, 0.1) is 5.92 Å². The first-order valence-corrected chi connectivity index (χ1v) is 10.5. The number of fused-ring (bicyclic) bond motifs is 1. The maximum atomic E-state index is 12.6. The van der Waals surface area contributed by atoms with Gasteiger partial charge in [-0.15, -0.1) is 11.3 Å². The first kappa shape index (κ1) is 20.1. The predicted octanol–water partition coefficient (Wildman–Crippen LogP) is 5.35. The fraction of sp³-hybridized carbons (Fsp3) is 0.261. The molecule has 154 valence electrons. The van der Waals surface area contributed by atoms with E-state index in [1.165, 1.54) is 11.3 Å². The van der Waals surface area contributed by atoms with Gasteiger partial charge in [-0.1, -0.05) is 37.2 Å². The Hall–Kier alpha value is -3.19. The summed E-state index contributed by atoms with van der Waals surface area (Å²) in [5, 5.41) is 5.77. The van der Waals surface area contributed by atoms with Crippen molar-refractivity contribution in [2.45, 2.75) is 13.8 Å². The Bertz CT molecular complexity index is 1180. The van der Waals surface area contributed by atoms with E-state index in [4.69, 9.17) is 9.26 Å². The highest BCUT2D eigenvalue weighted by molar-refractivity contribution is 7.17. The highest BCUT2D eigenvalue weighted by Gasteiger charge is 2.20. The quantitative estimate of drug-likeness (QED) is 0.419. The van der Waals surface area contributed by atoms with Crippen LogP contribution in [0.5, 0.6) is 5.75 Å². The summed E-state index contributed by atoms with van der Waals surface area (Å²) in [7, 11) is 3.46. The van der Waals surface area contributed by atoms with E-state index in [-0.39, 0.29) is 5.91 Å². The highest BCUT2D eigenvalue weighted by atomic mass is 32.1. The third-order valence-corrected chi connectivity index (χ3v) is 5.79. The smallest absolute Gasteiger partial charge is 0.265 e. The van der Waals surface area contributed by atoms with Gasteiger partial charge in [0.05, 0.1) is 18.7 Å². The monoisotopic (exact) mass is 421 g/mol. The van der Waals surface area contributed by atoms with E-state index >= 15 is 0 Å². The molecule has 1 amide bonds. The van der Waals surface area contributed by atoms with Gasteiger partial charge in [0.15, 0.2) is 5.58 Å². The molecular weight excluding hydrogens is 398 g/mol. The number of benzene rings is 2. The number of methoxy groups -OCH3 is 1. The van der Waals surface area contributed by atoms with E-state index in [1.54, 1.807) is 18.2 Å². The lowest BCUT2D eigenvalue weighted by atomic mass is 10.0. The number of hydrogen-bond acceptors (Lipinski definition) is 6. The van der Waals surface area contributed by atoms with Crippen molar-refractivity contribution in [1.82, 2.24) is 15.0 Å². The number of hydrogen-bond donors (Lipinski definition) is 0. The number of amides is 1. The minimum Gasteiger partial charge on any atom is -0.497 e. The summed E-state index contributed by atoms with van der Waals surface area (Å²) >= 11 is 1.33. The second-order valence-electron chi connectivity index (χ2n) is 7.58. The zero-order chi connectivity index (χ0) is 21.3. The molecule has 0 radical (unpaired) electrons. The molecular formula is C23H23N3O3S. The standard InChI is InChI=1S/C23H23N3O3S/c1-14(2)13-26(3)23(27)20-12-24-22(30-20)21-18-10-7-16(11-19(18)29-25-21)15-5-8-17(28-4)9-6-15/h5-12,14H,13H2,1-4H3. The minimum absolute atomic E-state index is 0.0259. The van der Waals surface area contributed by atoms with E-state index in [9.17, 15) is 4.79 Å². The summed E-state index contributed by atoms with van der Waals surface area (Å²) < 4.78 is 10.8. The Balaban J connectivity index is 1.61. The molecule has 0 atom stereocenters. The van der Waals surface area contributed by atoms with Crippen LogP contribution in [0.3, 0.4) is 0 Å². The lowest BCUT2D eigenvalue weighted by Crippen LogP contribution is -2.29. The number of aromatic nitrogens is 2. The molecule has 2 heterocycles. The molecule has 2 aromatic carbocycles. The van der Waals surface area contributed by atoms with Gasteiger partial charge in [-0.05, 0) is 41.3 Å². The Morgan fingerprint density at radius 3 is 2.60 bits per heavy atom. The van der Waals surface area contributed by atoms with E-state index in [0.717, 1.165) is 22.3 Å². The largest absolute Gasteiger partial charge is 0.497 e. The van der Waals surface area contributed by atoms with Gasteiger partial charge in [-0.2, -0.15) is 0 Å². The van der Waals surface area contributed by atoms with Crippen molar-refractivity contribution in [2.24, 2.45) is 5.92 Å². The van der Waals surface area contributed by atoms with Gasteiger partial charge in [0.1, 0.15) is 21.3 Å². The van der Waals surface area contributed by atoms with Gasteiger partial charge in [0.2, 0.25) is 0 Å². The summed E-state index contributed by atoms with van der Waals surface area (Å²) in [6.45, 7) is 4.88. The third-order valence-electron chi connectivity index (χ3n) is 4.80. The Morgan fingerprint density at radius 2 is 1.90 bits per heavy atom. The first-order chi connectivity index (χ1) is 14.5. The molecule has 0 aliphatic carbocycles. The number of nitrogens with zero attached hydrogens (tertiary/aromatic N) is 3. The van der Waals surface area contributed by atoms with Crippen LogP contribution in [0.15, 0.2) is 53.2 Å². The topological polar surface area (TPSA) is 68.5 Å². The molecule has 0 saturated heterocycles. The van der Waals surface area contributed by atoms with E-state index < -0.39 is 0 Å². The number of carbonyl (C=O) groups is 1. The fourth-order valence-corrected chi connectivity index (χ4v) is 4.26. The van der Waals surface area contributed by atoms with Gasteiger partial charge in [0.25, 0.3) is 5.91 Å². The SMILES string of the molecule is COc1ccc(-c2ccc3c(-c4ncc(C(=O)N(C)CC(C)C)s4)noc3c2)cc1. The van der Waals surface area contributed by atoms with Crippen molar-refractivity contribution in [1.29, 1.82) is 0 Å². The molecule has 0 saturated carbocycles. The van der Waals surface area contributed by atoms with Crippen LogP contribution in [0.25, 0.3) is 32.8 Å². The van der Waals surface area contributed by atoms with Crippen molar-refractivity contribution in [2.75, 3.05) is 20.7 Å². The van der Waals surface area contributed by atoms with Crippen LogP contribution in [0.4, 0.5) is 0 Å². The molecule has 4 aromatic rings. The third kappa shape index (κ3) is 3.93. The van der Waals surface area contributed by atoms with E-state index in [1.807, 2.05) is 49.5 Å². The van der Waals surface area contributed by atoms with Gasteiger partial charge in [-0.25, -0.2) is 4.98 Å². The van der Waals surface area contributed by atoms with Crippen molar-refractivity contribution in [3.05, 3.63) is 53.5 Å². The maximum Gasteiger partial charge on any atom is 0.265 e. The van der Waals surface area contributed by atoms with Crippen LogP contribution < -0.4 is 4.74 Å². The molecule has 0 aliphatic rings. The second kappa shape index (κ2) is 8.28. The number of rotatable bonds is 6. The number of thiazole rings is 1. The zero-order valence-electron chi connectivity index (χ0n) is 17.4. The van der Waals surface area contributed by atoms with Gasteiger partial charge in [-0.3, -0.25) is 4.79 Å². The van der Waals surface area contributed by atoms with Crippen molar-refractivity contribution >= 4 is 28.2 Å². The molecule has 0 fully saturated rings. The van der Waals surface area contributed by atoms with Crippen LogP contribution in [0.2, 0.25) is 0 Å². The summed E-state index contributed by atoms with van der Waals surface area (Å²) in [6.07, 6.45) is 1.62. The molecule has 7 heteroatoms. The molecule has 30 heavy (non-hydrogen) atoms. The maximum absolute atomic E-state index is 12.6. The second-order valence-corrected chi connectivity index (χ2v) is 8.61. The molecule has 0 aliphatic heterocycles. The highest BCUT2D eigenvalue weighted by Crippen LogP contribution is 2.34. The number of carbonyl (C=O) groups excluding carboxylic acids is 1. The van der Waals surface area contributed by atoms with E-state index in [0.29, 0.717) is 33.6 Å². The van der Waals surface area contributed by atoms with Crippen molar-refractivity contribution in [3.63, 3.8) is 0 Å². The van der Waals surface area contributed by atoms with Gasteiger partial charge >= 0.3 is 0 Å². The summed E-state index contributed by atoms with van der Waals surface area (Å²) in [5.41, 5.74) is 3.42. The average Bonchev–Trinajstić information content (AvgIpc) is 3.39. The molecule has 6 nitrogen and oxygen atoms in total. The molecule has 4 rings (SSSR count). The van der Waals surface area contributed by atoms with E-state index in [2.05, 4.69) is 24.0 Å². The lowest BCUT2D eigenvalue weighted by Gasteiger charge is -2.18. The summed E-state index contributed by atoms with van der Waals surface area (Å²) in [6, 6.07) is 13.8. The molecule has 0 bridgehead atoms. The zero-order valence-corrected chi connectivity index (χ0v) is 18.2. The van der Waals surface area contributed by atoms with Crippen molar-refractivity contribution in [3.8, 4) is 27.6 Å². The normalized spacial score (nSPS) is 11.2. The minimum atomic E-state index is -0.0259. The predicted molar refractivity (Wildman–Crippen MR) is 119 cm³/mol. The Morgan fingerprint density at radius 1 is 1.17 bits per heavy atom.